The SMILES string of the molecule is CC[N+](CCc1ccccc1)=C(N)[P+]([Se])([Se-])c1ccccc1. The second kappa shape index (κ2) is 8.29. The number of hydrogen-bond acceptors (Lipinski definition) is 0. The van der Waals surface area contributed by atoms with Crippen LogP contribution in [0, 0.1) is 0 Å². The van der Waals surface area contributed by atoms with E-state index in [4.69, 9.17) is 5.73 Å². The number of hydrogen-bond donors (Lipinski definition) is 1. The van der Waals surface area contributed by atoms with Gasteiger partial charge in [0.25, 0.3) is 0 Å². The van der Waals surface area contributed by atoms with E-state index in [2.05, 4.69) is 97.2 Å². The summed E-state index contributed by atoms with van der Waals surface area (Å²) in [5, 5.41) is 1.26. The van der Waals surface area contributed by atoms with Crippen LogP contribution in [0.4, 0.5) is 0 Å². The van der Waals surface area contributed by atoms with Crippen LogP contribution < -0.4 is 11.0 Å². The molecule has 0 saturated carbocycles. The molecule has 0 heterocycles. The first-order chi connectivity index (χ1) is 10.6. The maximum absolute atomic E-state index is 6.53. The molecule has 2 N–H and O–H groups in total. The summed E-state index contributed by atoms with van der Waals surface area (Å²) < 4.78 is 0.569. The molecule has 1 radical (unpaired) electrons. The number of rotatable bonds is 6. The Labute approximate surface area is 149 Å². The first kappa shape index (κ1) is 17.7. The summed E-state index contributed by atoms with van der Waals surface area (Å²) in [6, 6.07) is 21.0. The van der Waals surface area contributed by atoms with Crippen LogP contribution in [0.5, 0.6) is 0 Å². The van der Waals surface area contributed by atoms with E-state index >= 15 is 0 Å². The zero-order chi connectivity index (χ0) is 16.0. The van der Waals surface area contributed by atoms with Gasteiger partial charge in [0.05, 0.1) is 0 Å². The summed E-state index contributed by atoms with van der Waals surface area (Å²) in [5.74, 6) is 0. The molecular formula is C17H21N2PSe2+. The maximum atomic E-state index is 6.53. The second-order valence-corrected chi connectivity index (χ2v) is 17.5. The van der Waals surface area contributed by atoms with Crippen LogP contribution >= 0.6 is 4.64 Å². The average Bonchev–Trinajstić information content (AvgIpc) is 2.57. The summed E-state index contributed by atoms with van der Waals surface area (Å²) >= 11 is 6.67. The number of likely N-dealkylation sites (N-methyl/N-ethyl adjacent to an activating group) is 1. The molecule has 0 aliphatic rings. The molecule has 2 nitrogen and oxygen atoms in total. The van der Waals surface area contributed by atoms with Crippen molar-refractivity contribution in [3.05, 3.63) is 66.2 Å². The van der Waals surface area contributed by atoms with Gasteiger partial charge >= 0.3 is 150 Å². The molecule has 0 aromatic heterocycles. The normalized spacial score (nSPS) is 15.0. The van der Waals surface area contributed by atoms with Gasteiger partial charge in [-0.3, -0.25) is 0 Å². The summed E-state index contributed by atoms with van der Waals surface area (Å²) in [6.45, 7) is 4.00. The fourth-order valence-corrected chi connectivity index (χ4v) is 6.71. The molecule has 0 atom stereocenters. The molecule has 0 fully saturated rings. The molecular weight excluding hydrogens is 421 g/mol. The fourth-order valence-electron chi connectivity index (χ4n) is 2.29. The molecule has 0 aliphatic heterocycles. The van der Waals surface area contributed by atoms with E-state index in [-0.39, 0.29) is 0 Å². The summed E-state index contributed by atoms with van der Waals surface area (Å²) in [4.78, 5) is 0. The van der Waals surface area contributed by atoms with E-state index in [1.54, 1.807) is 0 Å². The molecule has 0 unspecified atom stereocenters. The molecule has 0 amide bonds. The topological polar surface area (TPSA) is 29.0 Å². The Morgan fingerprint density at radius 1 is 1.09 bits per heavy atom. The molecule has 115 valence electrons. The molecule has 0 spiro atoms. The number of benzene rings is 2. The van der Waals surface area contributed by atoms with Crippen LogP contribution in [0.3, 0.4) is 0 Å². The molecule has 0 bridgehead atoms. The second-order valence-electron chi connectivity index (χ2n) is 5.06. The molecule has 22 heavy (non-hydrogen) atoms. The Bertz CT molecular complexity index is 628. The van der Waals surface area contributed by atoms with Crippen LogP contribution in [-0.2, 0) is 6.42 Å². The van der Waals surface area contributed by atoms with Gasteiger partial charge in [0.15, 0.2) is 0 Å². The van der Waals surface area contributed by atoms with Crippen molar-refractivity contribution in [3.8, 4) is 0 Å². The minimum atomic E-state index is -1.71. The van der Waals surface area contributed by atoms with E-state index in [1.165, 1.54) is 10.9 Å². The third-order valence-electron chi connectivity index (χ3n) is 3.62. The molecule has 2 aromatic carbocycles. The minimum absolute atomic E-state index is 0.913. The van der Waals surface area contributed by atoms with Gasteiger partial charge in [-0.1, -0.05) is 0 Å². The standard InChI is InChI=1S/C17H20N2PSe2/c1-2-19(14-13-15-9-5-3-6-10-15)17(18)20(21,22)16-11-7-4-8-12-16/h3-12,18H,2,13-14H2,1H3/p+1. The monoisotopic (exact) mass is 444 g/mol. The van der Waals surface area contributed by atoms with Gasteiger partial charge in [-0.05, 0) is 0 Å². The van der Waals surface area contributed by atoms with E-state index in [0.717, 1.165) is 25.1 Å². The molecule has 5 heteroatoms. The summed E-state index contributed by atoms with van der Waals surface area (Å²) in [7, 11) is 0. The first-order valence-electron chi connectivity index (χ1n) is 7.34. The van der Waals surface area contributed by atoms with Crippen LogP contribution in [0.2, 0.25) is 0 Å². The quantitative estimate of drug-likeness (QED) is 0.240. The number of nitrogens with two attached hydrogens (primary N) is 1. The van der Waals surface area contributed by atoms with E-state index < -0.39 is 4.64 Å². The van der Waals surface area contributed by atoms with Crippen LogP contribution in [0.15, 0.2) is 60.7 Å². The van der Waals surface area contributed by atoms with Crippen LogP contribution in [-0.4, -0.2) is 54.4 Å². The fraction of sp³-hybridized carbons (Fsp3) is 0.235. The molecule has 0 aliphatic carbocycles. The van der Waals surface area contributed by atoms with Crippen molar-refractivity contribution in [2.75, 3.05) is 13.1 Å². The molecule has 2 rings (SSSR count). The average molecular weight is 442 g/mol. The number of nitrogens with zero attached hydrogens (tertiary/aromatic N) is 1. The predicted molar refractivity (Wildman–Crippen MR) is 99.5 cm³/mol. The Kier molecular flexibility index (Phi) is 6.68. The van der Waals surface area contributed by atoms with Gasteiger partial charge in [0.2, 0.25) is 0 Å². The molecule has 2 aromatic rings. The Hall–Kier alpha value is -0.621. The third kappa shape index (κ3) is 4.44. The third-order valence-corrected chi connectivity index (χ3v) is 10.5. The van der Waals surface area contributed by atoms with Crippen molar-refractivity contribution < 1.29 is 4.58 Å². The zero-order valence-corrected chi connectivity index (χ0v) is 17.0. The van der Waals surface area contributed by atoms with Gasteiger partial charge in [-0.2, -0.15) is 0 Å². The van der Waals surface area contributed by atoms with Crippen LogP contribution in [0.1, 0.15) is 12.5 Å². The van der Waals surface area contributed by atoms with Gasteiger partial charge in [0, 0.05) is 0 Å². The van der Waals surface area contributed by atoms with Crippen LogP contribution in [0.25, 0.3) is 0 Å². The van der Waals surface area contributed by atoms with Gasteiger partial charge in [0.1, 0.15) is 0 Å². The Morgan fingerprint density at radius 2 is 1.64 bits per heavy atom. The predicted octanol–water partition coefficient (Wildman–Crippen LogP) is 2.09. The zero-order valence-electron chi connectivity index (χ0n) is 12.7. The van der Waals surface area contributed by atoms with Crippen molar-refractivity contribution in [1.82, 2.24) is 0 Å². The van der Waals surface area contributed by atoms with E-state index in [0.29, 0.717) is 0 Å². The number of amidine groups is 1. The van der Waals surface area contributed by atoms with E-state index in [1.807, 2.05) is 6.07 Å². The van der Waals surface area contributed by atoms with Gasteiger partial charge in [-0.15, -0.1) is 0 Å². The van der Waals surface area contributed by atoms with Gasteiger partial charge < -0.3 is 0 Å². The van der Waals surface area contributed by atoms with Crippen molar-refractivity contribution in [3.63, 3.8) is 0 Å². The van der Waals surface area contributed by atoms with Crippen molar-refractivity contribution in [2.45, 2.75) is 13.3 Å². The Balaban J connectivity index is 2.21. The first-order valence-corrected chi connectivity index (χ1v) is 13.6. The Morgan fingerprint density at radius 3 is 2.18 bits per heavy atom. The van der Waals surface area contributed by atoms with Crippen molar-refractivity contribution in [2.24, 2.45) is 5.73 Å². The van der Waals surface area contributed by atoms with E-state index in [9.17, 15) is 0 Å². The summed E-state index contributed by atoms with van der Waals surface area (Å²) in [6.07, 6.45) is 1.00. The van der Waals surface area contributed by atoms with Gasteiger partial charge in [-0.25, -0.2) is 0 Å². The van der Waals surface area contributed by atoms with Crippen molar-refractivity contribution in [1.29, 1.82) is 0 Å². The molecule has 0 saturated heterocycles. The summed E-state index contributed by atoms with van der Waals surface area (Å²) in [5.41, 5.74) is 8.82. The van der Waals surface area contributed by atoms with Crippen molar-refractivity contribution >= 4 is 46.7 Å².